The van der Waals surface area contributed by atoms with Gasteiger partial charge in [-0.1, -0.05) is 0 Å². The molecule has 0 aromatic carbocycles. The van der Waals surface area contributed by atoms with Gasteiger partial charge in [0.1, 0.15) is 30.4 Å². The Bertz CT molecular complexity index is 406. The number of amides is 1. The summed E-state index contributed by atoms with van der Waals surface area (Å²) >= 11 is 0. The van der Waals surface area contributed by atoms with Gasteiger partial charge in [-0.2, -0.15) is 0 Å². The summed E-state index contributed by atoms with van der Waals surface area (Å²) in [5.74, 6) is -4.75. The fourth-order valence-electron chi connectivity index (χ4n) is 2.28. The maximum Gasteiger partial charge on any atom is 0.364 e. The molecule has 0 aromatic rings. The minimum Gasteiger partial charge on any atom is -0.477 e. The summed E-state index contributed by atoms with van der Waals surface area (Å²) in [5, 5.41) is 49.6. The van der Waals surface area contributed by atoms with Crippen molar-refractivity contribution in [3.63, 3.8) is 0 Å². The van der Waals surface area contributed by atoms with E-state index in [1.165, 1.54) is 6.92 Å². The second kappa shape index (κ2) is 6.64. The number of nitrogens with one attached hydrogen (secondary N) is 1. The highest BCUT2D eigenvalue weighted by Gasteiger charge is 2.54. The maximum absolute atomic E-state index is 11.2. The predicted molar refractivity (Wildman–Crippen MR) is 65.5 cm³/mol. The van der Waals surface area contributed by atoms with Gasteiger partial charge in [-0.25, -0.2) is 4.79 Å². The fourth-order valence-corrected chi connectivity index (χ4v) is 2.28. The van der Waals surface area contributed by atoms with Gasteiger partial charge in [-0.05, 0) is 0 Å². The largest absolute Gasteiger partial charge is 0.477 e. The number of hydrogen-bond acceptors (Lipinski definition) is 7. The summed E-state index contributed by atoms with van der Waals surface area (Å²) in [6, 6.07) is -1.73. The molecule has 1 heterocycles. The van der Waals surface area contributed by atoms with Crippen molar-refractivity contribution in [2.45, 2.75) is 49.5 Å². The SMILES string of the molecule is CC(=O)N[C@H]1C([C@H](O)[C@H](O)CO)O[C@](O)(C(=O)O)C[C@H]1[NH3+]. The van der Waals surface area contributed by atoms with Gasteiger partial charge < -0.3 is 41.3 Å². The number of aliphatic carboxylic acids is 1. The number of carboxylic acids is 1. The van der Waals surface area contributed by atoms with Gasteiger partial charge in [-0.15, -0.1) is 0 Å². The topological polar surface area (TPSA) is 184 Å². The number of ether oxygens (including phenoxy) is 1. The molecule has 0 bridgehead atoms. The third-order valence-electron chi connectivity index (χ3n) is 3.35. The van der Waals surface area contributed by atoms with E-state index < -0.39 is 61.1 Å². The van der Waals surface area contributed by atoms with Crippen molar-refractivity contribution >= 4 is 11.9 Å². The summed E-state index contributed by atoms with van der Waals surface area (Å²) in [5.41, 5.74) is 3.65. The van der Waals surface area contributed by atoms with E-state index in [0.29, 0.717) is 0 Å². The zero-order valence-corrected chi connectivity index (χ0v) is 11.5. The van der Waals surface area contributed by atoms with Gasteiger partial charge in [0.05, 0.1) is 13.0 Å². The average Bonchev–Trinajstić information content (AvgIpc) is 2.39. The molecule has 0 aromatic heterocycles. The van der Waals surface area contributed by atoms with Crippen LogP contribution in [0.2, 0.25) is 0 Å². The molecule has 1 rings (SSSR count). The lowest BCUT2D eigenvalue weighted by Crippen LogP contribution is -2.79. The van der Waals surface area contributed by atoms with E-state index in [9.17, 15) is 24.9 Å². The van der Waals surface area contributed by atoms with Crippen LogP contribution in [-0.4, -0.2) is 80.2 Å². The predicted octanol–water partition coefficient (Wildman–Crippen LogP) is -4.62. The van der Waals surface area contributed by atoms with Gasteiger partial charge in [0.2, 0.25) is 5.91 Å². The number of quaternary nitrogens is 1. The quantitative estimate of drug-likeness (QED) is 0.264. The monoisotopic (exact) mass is 309 g/mol. The molecule has 1 saturated heterocycles. The molecule has 0 aliphatic carbocycles. The first-order chi connectivity index (χ1) is 9.62. The first kappa shape index (κ1) is 17.8. The van der Waals surface area contributed by atoms with E-state index in [0.717, 1.165) is 0 Å². The number of hydrogen-bond donors (Lipinski definition) is 7. The standard InChI is InChI=1S/C11H20N2O8/c1-4(15)13-7-5(12)2-11(20,10(18)19)21-9(7)8(17)6(16)3-14/h5-9,14,16-17,20H,2-3,12H2,1H3,(H,13,15)(H,18,19)/p+1/t5-,6-,7-,8-,9?,11+/m1/s1. The van der Waals surface area contributed by atoms with E-state index in [4.69, 9.17) is 14.9 Å². The Balaban J connectivity index is 3.07. The molecule has 122 valence electrons. The highest BCUT2D eigenvalue weighted by molar-refractivity contribution is 5.76. The van der Waals surface area contributed by atoms with Gasteiger partial charge in [0.15, 0.2) is 0 Å². The number of carbonyl (C=O) groups is 2. The Morgan fingerprint density at radius 3 is 2.48 bits per heavy atom. The summed E-state index contributed by atoms with van der Waals surface area (Å²) in [6.07, 6.45) is -5.21. The van der Waals surface area contributed by atoms with Crippen LogP contribution in [-0.2, 0) is 14.3 Å². The molecule has 1 amide bonds. The Morgan fingerprint density at radius 2 is 2.05 bits per heavy atom. The normalized spacial score (nSPS) is 35.8. The van der Waals surface area contributed by atoms with Crippen LogP contribution in [0.5, 0.6) is 0 Å². The molecule has 10 heteroatoms. The van der Waals surface area contributed by atoms with Crippen molar-refractivity contribution < 1.29 is 45.6 Å². The molecule has 0 spiro atoms. The van der Waals surface area contributed by atoms with Crippen molar-refractivity contribution in [1.29, 1.82) is 0 Å². The molecule has 9 N–H and O–H groups in total. The molecule has 21 heavy (non-hydrogen) atoms. The summed E-state index contributed by atoms with van der Waals surface area (Å²) in [7, 11) is 0. The van der Waals surface area contributed by atoms with Gasteiger partial charge in [0.25, 0.3) is 5.79 Å². The summed E-state index contributed by atoms with van der Waals surface area (Å²) in [6.45, 7) is 0.401. The molecule has 1 unspecified atom stereocenters. The van der Waals surface area contributed by atoms with Gasteiger partial charge in [0, 0.05) is 6.92 Å². The smallest absolute Gasteiger partial charge is 0.364 e. The van der Waals surface area contributed by atoms with Crippen LogP contribution >= 0.6 is 0 Å². The molecular weight excluding hydrogens is 288 g/mol. The Labute approximate surface area is 120 Å². The minimum absolute atomic E-state index is 0.411. The van der Waals surface area contributed by atoms with Crippen LogP contribution in [0.15, 0.2) is 0 Å². The molecule has 10 nitrogen and oxygen atoms in total. The zero-order chi connectivity index (χ0) is 16.4. The third kappa shape index (κ3) is 3.87. The van der Waals surface area contributed by atoms with Crippen LogP contribution in [0.4, 0.5) is 0 Å². The van der Waals surface area contributed by atoms with Crippen LogP contribution < -0.4 is 11.1 Å². The van der Waals surface area contributed by atoms with Crippen molar-refractivity contribution in [2.75, 3.05) is 6.61 Å². The number of carboxylic acid groups (broad SMARTS) is 1. The average molecular weight is 309 g/mol. The molecular formula is C11H21N2O8+. The first-order valence-electron chi connectivity index (χ1n) is 6.33. The highest BCUT2D eigenvalue weighted by Crippen LogP contribution is 2.28. The Morgan fingerprint density at radius 1 is 1.48 bits per heavy atom. The third-order valence-corrected chi connectivity index (χ3v) is 3.35. The molecule has 6 atom stereocenters. The molecule has 0 radical (unpaired) electrons. The molecule has 1 fully saturated rings. The number of aliphatic hydroxyl groups is 4. The lowest BCUT2D eigenvalue weighted by molar-refractivity contribution is -0.461. The Hall–Kier alpha value is -1.30. The Kier molecular flexibility index (Phi) is 5.61. The maximum atomic E-state index is 11.2. The van der Waals surface area contributed by atoms with E-state index >= 15 is 0 Å². The van der Waals surface area contributed by atoms with Crippen LogP contribution in [0.25, 0.3) is 0 Å². The lowest BCUT2D eigenvalue weighted by atomic mass is 9.87. The highest BCUT2D eigenvalue weighted by atomic mass is 16.7. The number of rotatable bonds is 5. The van der Waals surface area contributed by atoms with Crippen molar-refractivity contribution in [1.82, 2.24) is 5.32 Å². The lowest BCUT2D eigenvalue weighted by Gasteiger charge is -2.43. The zero-order valence-electron chi connectivity index (χ0n) is 11.5. The fraction of sp³-hybridized carbons (Fsp3) is 0.818. The molecule has 1 aliphatic heterocycles. The van der Waals surface area contributed by atoms with Crippen molar-refractivity contribution in [2.24, 2.45) is 0 Å². The van der Waals surface area contributed by atoms with Gasteiger partial charge >= 0.3 is 5.97 Å². The first-order valence-corrected chi connectivity index (χ1v) is 6.33. The number of aliphatic hydroxyl groups excluding tert-OH is 3. The van der Waals surface area contributed by atoms with E-state index in [1.54, 1.807) is 0 Å². The summed E-state index contributed by atoms with van der Waals surface area (Å²) in [4.78, 5) is 22.3. The summed E-state index contributed by atoms with van der Waals surface area (Å²) < 4.78 is 4.98. The second-order valence-corrected chi connectivity index (χ2v) is 5.10. The van der Waals surface area contributed by atoms with Crippen molar-refractivity contribution in [3.8, 4) is 0 Å². The molecule has 1 aliphatic rings. The number of carbonyl (C=O) groups excluding carboxylic acids is 1. The van der Waals surface area contributed by atoms with Crippen LogP contribution in [0.1, 0.15) is 13.3 Å². The minimum atomic E-state index is -2.60. The van der Waals surface area contributed by atoms with Crippen LogP contribution in [0, 0.1) is 0 Å². The molecule has 0 saturated carbocycles. The van der Waals surface area contributed by atoms with E-state index in [-0.39, 0.29) is 0 Å². The second-order valence-electron chi connectivity index (χ2n) is 5.10. The van der Waals surface area contributed by atoms with E-state index in [1.807, 2.05) is 0 Å². The van der Waals surface area contributed by atoms with Crippen LogP contribution in [0.3, 0.4) is 0 Å². The van der Waals surface area contributed by atoms with Gasteiger partial charge in [-0.3, -0.25) is 4.79 Å². The van der Waals surface area contributed by atoms with E-state index in [2.05, 4.69) is 11.1 Å². The van der Waals surface area contributed by atoms with Crippen molar-refractivity contribution in [3.05, 3.63) is 0 Å².